The second-order valence-electron chi connectivity index (χ2n) is 4.99. The highest BCUT2D eigenvalue weighted by Gasteiger charge is 2.30. The molecule has 1 aliphatic rings. The zero-order valence-electron chi connectivity index (χ0n) is 11.4. The van der Waals surface area contributed by atoms with Gasteiger partial charge in [0.2, 0.25) is 6.10 Å². The van der Waals surface area contributed by atoms with Gasteiger partial charge < -0.3 is 14.5 Å². The monoisotopic (exact) mass is 273 g/mol. The summed E-state index contributed by atoms with van der Waals surface area (Å²) < 4.78 is 9.96. The standard InChI is InChI=1S/C15H15NO4/c1-8-9(2)16-12-4-3-10(7-11(8)12)14(17)20-13-5-6-19-15(13)18/h3-4,7,13,16H,5-6H2,1-2H3/t13-/m1/s1. The molecular formula is C15H15NO4. The average Bonchev–Trinajstić information content (AvgIpc) is 2.95. The van der Waals surface area contributed by atoms with E-state index in [1.807, 2.05) is 19.9 Å². The lowest BCUT2D eigenvalue weighted by Gasteiger charge is -2.08. The quantitative estimate of drug-likeness (QED) is 0.852. The van der Waals surface area contributed by atoms with Gasteiger partial charge >= 0.3 is 11.9 Å². The number of carbonyl (C=O) groups is 2. The first kappa shape index (κ1) is 12.7. The third-order valence-electron chi connectivity index (χ3n) is 3.68. The molecule has 0 radical (unpaired) electrons. The van der Waals surface area contributed by atoms with Crippen molar-refractivity contribution in [2.45, 2.75) is 26.4 Å². The summed E-state index contributed by atoms with van der Waals surface area (Å²) in [5.41, 5.74) is 3.61. The Labute approximate surface area is 115 Å². The molecule has 104 valence electrons. The van der Waals surface area contributed by atoms with E-state index in [1.165, 1.54) is 0 Å². The van der Waals surface area contributed by atoms with Gasteiger partial charge in [-0.25, -0.2) is 9.59 Å². The first-order valence-corrected chi connectivity index (χ1v) is 6.53. The second-order valence-corrected chi connectivity index (χ2v) is 4.99. The number of ether oxygens (including phenoxy) is 2. The van der Waals surface area contributed by atoms with Crippen LogP contribution in [0.4, 0.5) is 0 Å². The van der Waals surface area contributed by atoms with Crippen molar-refractivity contribution < 1.29 is 19.1 Å². The summed E-state index contributed by atoms with van der Waals surface area (Å²) in [6.45, 7) is 4.30. The maximum atomic E-state index is 12.1. The van der Waals surface area contributed by atoms with Gasteiger partial charge in [-0.3, -0.25) is 0 Å². The van der Waals surface area contributed by atoms with Gasteiger partial charge in [0.25, 0.3) is 0 Å². The Kier molecular flexibility index (Phi) is 2.97. The number of aromatic amines is 1. The lowest BCUT2D eigenvalue weighted by molar-refractivity contribution is -0.145. The first-order valence-electron chi connectivity index (χ1n) is 6.53. The number of cyclic esters (lactones) is 1. The van der Waals surface area contributed by atoms with Crippen LogP contribution in [0.25, 0.3) is 10.9 Å². The minimum absolute atomic E-state index is 0.311. The average molecular weight is 273 g/mol. The molecule has 1 aromatic heterocycles. The highest BCUT2D eigenvalue weighted by atomic mass is 16.6. The number of carbonyl (C=O) groups excluding carboxylic acids is 2. The van der Waals surface area contributed by atoms with E-state index in [1.54, 1.807) is 12.1 Å². The fraction of sp³-hybridized carbons (Fsp3) is 0.333. The molecule has 0 amide bonds. The van der Waals surface area contributed by atoms with Crippen molar-refractivity contribution in [3.05, 3.63) is 35.0 Å². The molecule has 2 aromatic rings. The van der Waals surface area contributed by atoms with Crippen LogP contribution in [0.1, 0.15) is 28.0 Å². The summed E-state index contributed by atoms with van der Waals surface area (Å²) in [4.78, 5) is 26.6. The molecule has 0 bridgehead atoms. The maximum Gasteiger partial charge on any atom is 0.347 e. The number of rotatable bonds is 2. The van der Waals surface area contributed by atoms with E-state index >= 15 is 0 Å². The van der Waals surface area contributed by atoms with Crippen LogP contribution in [0.2, 0.25) is 0 Å². The normalized spacial score (nSPS) is 18.3. The van der Waals surface area contributed by atoms with Gasteiger partial charge in [0, 0.05) is 23.0 Å². The highest BCUT2D eigenvalue weighted by molar-refractivity contribution is 5.97. The van der Waals surface area contributed by atoms with Gasteiger partial charge in [0.1, 0.15) is 0 Å². The van der Waals surface area contributed by atoms with E-state index in [4.69, 9.17) is 9.47 Å². The summed E-state index contributed by atoms with van der Waals surface area (Å²) >= 11 is 0. The van der Waals surface area contributed by atoms with Gasteiger partial charge in [-0.15, -0.1) is 0 Å². The van der Waals surface area contributed by atoms with Gasteiger partial charge in [-0.2, -0.15) is 0 Å². The lowest BCUT2D eigenvalue weighted by atomic mass is 10.1. The number of aromatic nitrogens is 1. The van der Waals surface area contributed by atoms with Gasteiger partial charge in [0.05, 0.1) is 12.2 Å². The van der Waals surface area contributed by atoms with Crippen LogP contribution in [0.5, 0.6) is 0 Å². The van der Waals surface area contributed by atoms with E-state index in [9.17, 15) is 9.59 Å². The van der Waals surface area contributed by atoms with Crippen LogP contribution in [0.15, 0.2) is 18.2 Å². The predicted molar refractivity (Wildman–Crippen MR) is 72.6 cm³/mol. The van der Waals surface area contributed by atoms with Crippen molar-refractivity contribution in [1.29, 1.82) is 0 Å². The van der Waals surface area contributed by atoms with Crippen LogP contribution in [-0.2, 0) is 14.3 Å². The molecule has 2 heterocycles. The molecule has 5 nitrogen and oxygen atoms in total. The summed E-state index contributed by atoms with van der Waals surface area (Å²) in [5.74, 6) is -0.956. The van der Waals surface area contributed by atoms with Crippen molar-refractivity contribution in [2.75, 3.05) is 6.61 Å². The molecule has 1 aliphatic heterocycles. The number of hydrogen-bond donors (Lipinski definition) is 1. The third-order valence-corrected chi connectivity index (χ3v) is 3.68. The number of benzene rings is 1. The van der Waals surface area contributed by atoms with Gasteiger partial charge in [-0.1, -0.05) is 0 Å². The minimum atomic E-state index is -0.771. The number of H-pyrrole nitrogens is 1. The smallest absolute Gasteiger partial charge is 0.347 e. The van der Waals surface area contributed by atoms with E-state index in [0.717, 1.165) is 22.2 Å². The second kappa shape index (κ2) is 4.67. The molecule has 0 aliphatic carbocycles. The molecule has 0 spiro atoms. The molecule has 3 rings (SSSR count). The maximum absolute atomic E-state index is 12.1. The number of nitrogens with one attached hydrogen (secondary N) is 1. The van der Waals surface area contributed by atoms with E-state index in [2.05, 4.69) is 4.98 Å². The molecule has 0 saturated carbocycles. The van der Waals surface area contributed by atoms with Gasteiger partial charge in [-0.05, 0) is 37.6 Å². The van der Waals surface area contributed by atoms with Crippen LogP contribution >= 0.6 is 0 Å². The Morgan fingerprint density at radius 3 is 2.90 bits per heavy atom. The number of fused-ring (bicyclic) bond motifs is 1. The lowest BCUT2D eigenvalue weighted by Crippen LogP contribution is -2.22. The summed E-state index contributed by atoms with van der Waals surface area (Å²) in [7, 11) is 0. The fourth-order valence-electron chi connectivity index (χ4n) is 2.37. The SMILES string of the molecule is Cc1[nH]c2ccc(C(=O)O[C@@H]3CCOC3=O)cc2c1C. The summed E-state index contributed by atoms with van der Waals surface area (Å²) in [5, 5.41) is 0.992. The molecular weight excluding hydrogens is 258 g/mol. The van der Waals surface area contributed by atoms with Crippen molar-refractivity contribution in [3.63, 3.8) is 0 Å². The minimum Gasteiger partial charge on any atom is -0.463 e. The van der Waals surface area contributed by atoms with Crippen LogP contribution in [-0.4, -0.2) is 29.6 Å². The molecule has 20 heavy (non-hydrogen) atoms. The van der Waals surface area contributed by atoms with E-state index < -0.39 is 18.0 Å². The molecule has 5 heteroatoms. The van der Waals surface area contributed by atoms with E-state index in [0.29, 0.717) is 18.6 Å². The first-order chi connectivity index (χ1) is 9.56. The number of hydrogen-bond acceptors (Lipinski definition) is 4. The Hall–Kier alpha value is -2.30. The number of aryl methyl sites for hydroxylation is 2. The Bertz CT molecular complexity index is 701. The van der Waals surface area contributed by atoms with Crippen LogP contribution in [0.3, 0.4) is 0 Å². The molecule has 1 N–H and O–H groups in total. The molecule has 1 saturated heterocycles. The predicted octanol–water partition coefficient (Wildman–Crippen LogP) is 2.26. The zero-order chi connectivity index (χ0) is 14.3. The fourth-order valence-corrected chi connectivity index (χ4v) is 2.37. The highest BCUT2D eigenvalue weighted by Crippen LogP contribution is 2.23. The van der Waals surface area contributed by atoms with Crippen LogP contribution in [0, 0.1) is 13.8 Å². The largest absolute Gasteiger partial charge is 0.463 e. The van der Waals surface area contributed by atoms with E-state index in [-0.39, 0.29) is 0 Å². The molecule has 1 atom stereocenters. The summed E-state index contributed by atoms with van der Waals surface area (Å²) in [6, 6.07) is 5.33. The Morgan fingerprint density at radius 1 is 1.40 bits per heavy atom. The van der Waals surface area contributed by atoms with Gasteiger partial charge in [0.15, 0.2) is 0 Å². The molecule has 1 fully saturated rings. The van der Waals surface area contributed by atoms with Crippen molar-refractivity contribution in [3.8, 4) is 0 Å². The third kappa shape index (κ3) is 2.05. The van der Waals surface area contributed by atoms with Crippen LogP contribution < -0.4 is 0 Å². The number of esters is 2. The molecule has 1 aromatic carbocycles. The van der Waals surface area contributed by atoms with Crippen molar-refractivity contribution >= 4 is 22.8 Å². The Balaban J connectivity index is 1.87. The molecule has 0 unspecified atom stereocenters. The topological polar surface area (TPSA) is 68.4 Å². The summed E-state index contributed by atoms with van der Waals surface area (Å²) in [6.07, 6.45) is -0.345. The van der Waals surface area contributed by atoms with Crippen molar-refractivity contribution in [2.24, 2.45) is 0 Å². The van der Waals surface area contributed by atoms with Crippen molar-refractivity contribution in [1.82, 2.24) is 4.98 Å². The Morgan fingerprint density at radius 2 is 2.20 bits per heavy atom. The zero-order valence-corrected chi connectivity index (χ0v) is 11.4.